The molecule has 1 fully saturated rings. The van der Waals surface area contributed by atoms with Crippen molar-refractivity contribution in [3.63, 3.8) is 0 Å². The van der Waals surface area contributed by atoms with Crippen LogP contribution in [-0.4, -0.2) is 44.8 Å². The van der Waals surface area contributed by atoms with Crippen molar-refractivity contribution in [3.8, 4) is 0 Å². The van der Waals surface area contributed by atoms with Gasteiger partial charge < -0.3 is 10.2 Å². The molecule has 0 saturated carbocycles. The van der Waals surface area contributed by atoms with Crippen molar-refractivity contribution in [2.75, 3.05) is 29.3 Å². The van der Waals surface area contributed by atoms with Crippen LogP contribution >= 0.6 is 11.6 Å². The predicted octanol–water partition coefficient (Wildman–Crippen LogP) is 4.72. The molecule has 3 aromatic carbocycles. The minimum atomic E-state index is -4.08. The average molecular weight is 512 g/mol. The van der Waals surface area contributed by atoms with Crippen molar-refractivity contribution in [1.29, 1.82) is 0 Å². The van der Waals surface area contributed by atoms with Crippen molar-refractivity contribution in [2.24, 2.45) is 0 Å². The average Bonchev–Trinajstić information content (AvgIpc) is 3.38. The largest absolute Gasteiger partial charge is 0.339 e. The van der Waals surface area contributed by atoms with Gasteiger partial charge in [-0.3, -0.25) is 13.9 Å². The highest BCUT2D eigenvalue weighted by Gasteiger charge is 2.28. The number of rotatable bonds is 7. The third-order valence-electron chi connectivity index (χ3n) is 5.80. The Morgan fingerprint density at radius 1 is 0.971 bits per heavy atom. The lowest BCUT2D eigenvalue weighted by atomic mass is 10.1. The van der Waals surface area contributed by atoms with Gasteiger partial charge in [-0.25, -0.2) is 8.42 Å². The van der Waals surface area contributed by atoms with Crippen molar-refractivity contribution in [1.82, 2.24) is 4.90 Å². The number of benzene rings is 3. The molecular weight excluding hydrogens is 486 g/mol. The predicted molar refractivity (Wildman–Crippen MR) is 137 cm³/mol. The van der Waals surface area contributed by atoms with Crippen LogP contribution in [0.5, 0.6) is 0 Å². The summed E-state index contributed by atoms with van der Waals surface area (Å²) >= 11 is 5.94. The Morgan fingerprint density at radius 3 is 2.34 bits per heavy atom. The second-order valence-electron chi connectivity index (χ2n) is 8.40. The molecule has 35 heavy (non-hydrogen) atoms. The number of anilines is 2. The van der Waals surface area contributed by atoms with Crippen molar-refractivity contribution in [3.05, 3.63) is 88.9 Å². The van der Waals surface area contributed by atoms with Gasteiger partial charge in [0.2, 0.25) is 5.91 Å². The molecule has 3 aromatic rings. The third kappa shape index (κ3) is 5.66. The van der Waals surface area contributed by atoms with Crippen LogP contribution in [0.3, 0.4) is 0 Å². The molecule has 0 spiro atoms. The molecule has 0 unspecified atom stereocenters. The van der Waals surface area contributed by atoms with Gasteiger partial charge in [0.25, 0.3) is 15.9 Å². The van der Waals surface area contributed by atoms with E-state index >= 15 is 0 Å². The fraction of sp³-hybridized carbons (Fsp3) is 0.231. The van der Waals surface area contributed by atoms with Crippen LogP contribution in [0.4, 0.5) is 11.4 Å². The van der Waals surface area contributed by atoms with E-state index in [0.717, 1.165) is 22.7 Å². The van der Waals surface area contributed by atoms with E-state index < -0.39 is 22.5 Å². The maximum Gasteiger partial charge on any atom is 0.264 e. The maximum atomic E-state index is 13.5. The number of para-hydroxylation sites is 1. The second kappa shape index (κ2) is 10.5. The van der Waals surface area contributed by atoms with E-state index in [2.05, 4.69) is 5.32 Å². The summed E-state index contributed by atoms with van der Waals surface area (Å²) in [5.41, 5.74) is 1.94. The van der Waals surface area contributed by atoms with E-state index in [-0.39, 0.29) is 10.8 Å². The van der Waals surface area contributed by atoms with Gasteiger partial charge in [0.1, 0.15) is 6.54 Å². The van der Waals surface area contributed by atoms with Gasteiger partial charge in [-0.2, -0.15) is 0 Å². The van der Waals surface area contributed by atoms with Crippen LogP contribution in [0.1, 0.15) is 28.8 Å². The highest BCUT2D eigenvalue weighted by molar-refractivity contribution is 7.92. The lowest BCUT2D eigenvalue weighted by Gasteiger charge is -2.25. The highest BCUT2D eigenvalue weighted by Crippen LogP contribution is 2.26. The van der Waals surface area contributed by atoms with Crippen molar-refractivity contribution >= 4 is 44.8 Å². The van der Waals surface area contributed by atoms with Gasteiger partial charge in [0.15, 0.2) is 0 Å². The van der Waals surface area contributed by atoms with Crippen LogP contribution < -0.4 is 9.62 Å². The number of nitrogens with zero attached hydrogens (tertiary/aromatic N) is 2. The number of halogens is 1. The molecule has 0 aliphatic carbocycles. The number of hydrogen-bond acceptors (Lipinski definition) is 4. The number of likely N-dealkylation sites (tertiary alicyclic amines) is 1. The molecule has 9 heteroatoms. The number of sulfonamides is 1. The van der Waals surface area contributed by atoms with Crippen LogP contribution in [-0.2, 0) is 14.8 Å². The molecule has 7 nitrogen and oxygen atoms in total. The SMILES string of the molecule is Cc1cccc(N(CC(=O)Nc2ccccc2C(=O)N2CCCC2)S(=O)(=O)c2ccc(Cl)cc2)c1. The summed E-state index contributed by atoms with van der Waals surface area (Å²) in [6, 6.07) is 19.5. The molecule has 0 bridgehead atoms. The Morgan fingerprint density at radius 2 is 1.66 bits per heavy atom. The Balaban J connectivity index is 1.63. The van der Waals surface area contributed by atoms with Crippen molar-refractivity contribution < 1.29 is 18.0 Å². The summed E-state index contributed by atoms with van der Waals surface area (Å²) in [7, 11) is -4.08. The molecule has 1 aliphatic heterocycles. The van der Waals surface area contributed by atoms with Gasteiger partial charge >= 0.3 is 0 Å². The summed E-state index contributed by atoms with van der Waals surface area (Å²) in [6.45, 7) is 2.74. The van der Waals surface area contributed by atoms with E-state index in [1.165, 1.54) is 24.3 Å². The Bertz CT molecular complexity index is 1340. The molecule has 0 aromatic heterocycles. The first-order chi connectivity index (χ1) is 16.8. The quantitative estimate of drug-likeness (QED) is 0.497. The van der Waals surface area contributed by atoms with Crippen LogP contribution in [0.25, 0.3) is 0 Å². The molecule has 1 aliphatic rings. The first-order valence-corrected chi connectivity index (χ1v) is 13.1. The first-order valence-electron chi connectivity index (χ1n) is 11.3. The summed E-state index contributed by atoms with van der Waals surface area (Å²) in [6.07, 6.45) is 1.91. The van der Waals surface area contributed by atoms with Crippen LogP contribution in [0.15, 0.2) is 77.7 Å². The Hall–Kier alpha value is -3.36. The molecule has 2 amide bonds. The van der Waals surface area contributed by atoms with Gasteiger partial charge in [-0.15, -0.1) is 0 Å². The molecule has 1 heterocycles. The van der Waals surface area contributed by atoms with E-state index in [9.17, 15) is 18.0 Å². The minimum absolute atomic E-state index is 0.0146. The zero-order valence-corrected chi connectivity index (χ0v) is 20.8. The molecule has 4 rings (SSSR count). The van der Waals surface area contributed by atoms with Gasteiger partial charge in [-0.05, 0) is 73.9 Å². The normalized spacial score (nSPS) is 13.5. The number of amides is 2. The number of nitrogens with one attached hydrogen (secondary N) is 1. The minimum Gasteiger partial charge on any atom is -0.339 e. The van der Waals surface area contributed by atoms with Crippen LogP contribution in [0, 0.1) is 6.92 Å². The number of carbonyl (C=O) groups excluding carboxylic acids is 2. The zero-order chi connectivity index (χ0) is 25.0. The topological polar surface area (TPSA) is 86.8 Å². The Kier molecular flexibility index (Phi) is 7.42. The molecule has 182 valence electrons. The zero-order valence-electron chi connectivity index (χ0n) is 19.3. The molecular formula is C26H26ClN3O4S. The fourth-order valence-corrected chi connectivity index (χ4v) is 5.56. The standard InChI is InChI=1S/C26H26ClN3O4S/c1-19-7-6-8-21(17-19)30(35(33,34)22-13-11-20(27)12-14-22)18-25(31)28-24-10-3-2-9-23(24)26(32)29-15-4-5-16-29/h2-3,6-14,17H,4-5,15-16,18H2,1H3,(H,28,31). The third-order valence-corrected chi connectivity index (χ3v) is 7.84. The molecule has 0 atom stereocenters. The maximum absolute atomic E-state index is 13.5. The van der Waals surface area contributed by atoms with E-state index in [1.807, 2.05) is 13.0 Å². The number of carbonyl (C=O) groups is 2. The first kappa shape index (κ1) is 24.8. The van der Waals surface area contributed by atoms with E-state index in [4.69, 9.17) is 11.6 Å². The smallest absolute Gasteiger partial charge is 0.264 e. The molecule has 1 N–H and O–H groups in total. The number of hydrogen-bond donors (Lipinski definition) is 1. The van der Waals surface area contributed by atoms with E-state index in [0.29, 0.717) is 35.1 Å². The summed E-state index contributed by atoms with van der Waals surface area (Å²) in [5.74, 6) is -0.714. The van der Waals surface area contributed by atoms with Crippen molar-refractivity contribution in [2.45, 2.75) is 24.7 Å². The van der Waals surface area contributed by atoms with E-state index in [1.54, 1.807) is 47.4 Å². The van der Waals surface area contributed by atoms with Gasteiger partial charge in [0, 0.05) is 18.1 Å². The number of aryl methyl sites for hydroxylation is 1. The summed E-state index contributed by atoms with van der Waals surface area (Å²) < 4.78 is 28.1. The fourth-order valence-electron chi connectivity index (χ4n) is 4.02. The summed E-state index contributed by atoms with van der Waals surface area (Å²) in [5, 5.41) is 3.15. The Labute approximate surface area is 210 Å². The summed E-state index contributed by atoms with van der Waals surface area (Å²) in [4.78, 5) is 27.9. The second-order valence-corrected chi connectivity index (χ2v) is 10.7. The lowest BCUT2D eigenvalue weighted by Crippen LogP contribution is -2.38. The molecule has 0 radical (unpaired) electrons. The van der Waals surface area contributed by atoms with Gasteiger partial charge in [0.05, 0.1) is 21.8 Å². The van der Waals surface area contributed by atoms with Gasteiger partial charge in [-0.1, -0.05) is 35.9 Å². The lowest BCUT2D eigenvalue weighted by molar-refractivity contribution is -0.114. The van der Waals surface area contributed by atoms with Crippen LogP contribution in [0.2, 0.25) is 5.02 Å². The highest BCUT2D eigenvalue weighted by atomic mass is 35.5. The molecule has 1 saturated heterocycles. The monoisotopic (exact) mass is 511 g/mol.